The molecule has 9 nitrogen and oxygen atoms in total. The van der Waals surface area contributed by atoms with E-state index in [0.29, 0.717) is 47.8 Å². The zero-order chi connectivity index (χ0) is 27.1. The SMILES string of the molecule is CCOC(=O)C1CCCN(CCC(=O)Nc2cccc(-c3cc(-c4ccccc4O)nc(N)c3C#N)c2)C1. The number of nitrogens with two attached hydrogens (primary N) is 1. The Balaban J connectivity index is 1.47. The van der Waals surface area contributed by atoms with E-state index in [1.807, 2.05) is 6.07 Å². The van der Waals surface area contributed by atoms with Gasteiger partial charge in [-0.3, -0.25) is 9.59 Å². The lowest BCUT2D eigenvalue weighted by Crippen LogP contribution is -2.40. The van der Waals surface area contributed by atoms with E-state index in [-0.39, 0.29) is 41.3 Å². The van der Waals surface area contributed by atoms with Crippen molar-refractivity contribution in [2.45, 2.75) is 26.2 Å². The van der Waals surface area contributed by atoms with Gasteiger partial charge in [0.2, 0.25) is 5.91 Å². The van der Waals surface area contributed by atoms with Gasteiger partial charge in [0, 0.05) is 36.3 Å². The number of esters is 1. The van der Waals surface area contributed by atoms with Crippen molar-refractivity contribution in [3.8, 4) is 34.2 Å². The Labute approximate surface area is 221 Å². The zero-order valence-electron chi connectivity index (χ0n) is 21.3. The van der Waals surface area contributed by atoms with Crippen LogP contribution in [-0.2, 0) is 14.3 Å². The van der Waals surface area contributed by atoms with Crippen LogP contribution in [0.25, 0.3) is 22.4 Å². The van der Waals surface area contributed by atoms with Gasteiger partial charge >= 0.3 is 5.97 Å². The summed E-state index contributed by atoms with van der Waals surface area (Å²) in [4.78, 5) is 31.3. The van der Waals surface area contributed by atoms with E-state index in [1.165, 1.54) is 0 Å². The van der Waals surface area contributed by atoms with Gasteiger partial charge in [0.05, 0.1) is 18.2 Å². The van der Waals surface area contributed by atoms with Gasteiger partial charge in [-0.1, -0.05) is 24.3 Å². The molecule has 38 heavy (non-hydrogen) atoms. The minimum absolute atomic E-state index is 0.0540. The zero-order valence-corrected chi connectivity index (χ0v) is 21.3. The van der Waals surface area contributed by atoms with E-state index in [2.05, 4.69) is 21.3 Å². The van der Waals surface area contributed by atoms with Gasteiger partial charge in [0.15, 0.2) is 0 Å². The normalized spacial score (nSPS) is 15.4. The summed E-state index contributed by atoms with van der Waals surface area (Å²) in [6, 6.07) is 17.8. The Morgan fingerprint density at radius 1 is 1.21 bits per heavy atom. The van der Waals surface area contributed by atoms with E-state index in [1.54, 1.807) is 55.5 Å². The number of hydrogen-bond acceptors (Lipinski definition) is 8. The number of para-hydroxylation sites is 1. The van der Waals surface area contributed by atoms with Crippen LogP contribution in [0.3, 0.4) is 0 Å². The molecule has 1 aliphatic heterocycles. The van der Waals surface area contributed by atoms with Crippen LogP contribution in [0, 0.1) is 17.2 Å². The summed E-state index contributed by atoms with van der Waals surface area (Å²) in [6.07, 6.45) is 1.99. The molecule has 0 bridgehead atoms. The molecule has 196 valence electrons. The predicted molar refractivity (Wildman–Crippen MR) is 145 cm³/mol. The van der Waals surface area contributed by atoms with Crippen LogP contribution in [0.4, 0.5) is 11.5 Å². The van der Waals surface area contributed by atoms with Crippen LogP contribution in [-0.4, -0.2) is 53.1 Å². The van der Waals surface area contributed by atoms with Crippen molar-refractivity contribution in [2.75, 3.05) is 37.3 Å². The van der Waals surface area contributed by atoms with Crippen molar-refractivity contribution in [2.24, 2.45) is 5.92 Å². The van der Waals surface area contributed by atoms with Crippen molar-refractivity contribution in [3.63, 3.8) is 0 Å². The number of piperidine rings is 1. The fraction of sp³-hybridized carbons (Fsp3) is 0.310. The monoisotopic (exact) mass is 513 g/mol. The highest BCUT2D eigenvalue weighted by Crippen LogP contribution is 2.35. The molecular weight excluding hydrogens is 482 g/mol. The Bertz CT molecular complexity index is 1370. The van der Waals surface area contributed by atoms with E-state index >= 15 is 0 Å². The molecule has 0 aliphatic carbocycles. The molecular formula is C29H31N5O4. The highest BCUT2D eigenvalue weighted by molar-refractivity contribution is 5.92. The van der Waals surface area contributed by atoms with Crippen LogP contribution < -0.4 is 11.1 Å². The van der Waals surface area contributed by atoms with E-state index < -0.39 is 0 Å². The number of benzene rings is 2. The number of carbonyl (C=O) groups excluding carboxylic acids is 2. The minimum atomic E-state index is -0.169. The average Bonchev–Trinajstić information content (AvgIpc) is 2.92. The number of likely N-dealkylation sites (tertiary alicyclic amines) is 1. The van der Waals surface area contributed by atoms with Gasteiger partial charge in [0.25, 0.3) is 0 Å². The maximum Gasteiger partial charge on any atom is 0.310 e. The molecule has 4 rings (SSSR count). The Hall–Kier alpha value is -4.42. The predicted octanol–water partition coefficient (Wildman–Crippen LogP) is 4.18. The molecule has 4 N–H and O–H groups in total. The number of nitriles is 1. The lowest BCUT2D eigenvalue weighted by Gasteiger charge is -2.31. The van der Waals surface area contributed by atoms with Gasteiger partial charge in [0.1, 0.15) is 23.2 Å². The summed E-state index contributed by atoms with van der Waals surface area (Å²) < 4.78 is 5.15. The number of nitrogen functional groups attached to an aromatic ring is 1. The standard InChI is InChI=1S/C29H31N5O4/c1-2-38-29(37)20-8-6-13-34(18-20)14-12-27(36)32-21-9-5-7-19(15-21)23-16-25(33-28(31)24(23)17-30)22-10-3-4-11-26(22)35/h3-5,7,9-11,15-16,20,35H,2,6,8,12-14,18H2,1H3,(H2,31,33)(H,32,36). The van der Waals surface area contributed by atoms with Crippen molar-refractivity contribution in [1.29, 1.82) is 5.26 Å². The van der Waals surface area contributed by atoms with E-state index in [9.17, 15) is 20.0 Å². The summed E-state index contributed by atoms with van der Waals surface area (Å²) in [5.41, 5.74) is 9.07. The quantitative estimate of drug-likeness (QED) is 0.381. The molecule has 1 unspecified atom stereocenters. The number of nitrogens with zero attached hydrogens (tertiary/aromatic N) is 3. The molecule has 1 amide bonds. The summed E-state index contributed by atoms with van der Waals surface area (Å²) >= 11 is 0. The number of phenols is 1. The third-order valence-electron chi connectivity index (χ3n) is 6.58. The highest BCUT2D eigenvalue weighted by Gasteiger charge is 2.27. The van der Waals surface area contributed by atoms with Crippen LogP contribution in [0.5, 0.6) is 5.75 Å². The summed E-state index contributed by atoms with van der Waals surface area (Å²) in [7, 11) is 0. The first-order valence-electron chi connectivity index (χ1n) is 12.7. The van der Waals surface area contributed by atoms with Crippen LogP contribution in [0.2, 0.25) is 0 Å². The number of carbonyl (C=O) groups is 2. The van der Waals surface area contributed by atoms with Gasteiger partial charge in [-0.2, -0.15) is 5.26 Å². The van der Waals surface area contributed by atoms with Gasteiger partial charge in [-0.15, -0.1) is 0 Å². The smallest absolute Gasteiger partial charge is 0.310 e. The summed E-state index contributed by atoms with van der Waals surface area (Å²) in [5, 5.41) is 22.9. The molecule has 2 heterocycles. The van der Waals surface area contributed by atoms with Gasteiger partial charge in [-0.05, 0) is 62.2 Å². The van der Waals surface area contributed by atoms with Crippen LogP contribution in [0.15, 0.2) is 54.6 Å². The number of phenolic OH excluding ortho intramolecular Hbond substituents is 1. The Kier molecular flexibility index (Phi) is 8.56. The molecule has 0 saturated carbocycles. The Morgan fingerprint density at radius 3 is 2.79 bits per heavy atom. The second-order valence-corrected chi connectivity index (χ2v) is 9.22. The molecule has 1 fully saturated rings. The average molecular weight is 514 g/mol. The van der Waals surface area contributed by atoms with Crippen molar-refractivity contribution in [3.05, 3.63) is 60.2 Å². The van der Waals surface area contributed by atoms with Crippen LogP contribution >= 0.6 is 0 Å². The maximum atomic E-state index is 12.7. The third kappa shape index (κ3) is 6.28. The number of ether oxygens (including phenoxy) is 1. The number of rotatable bonds is 8. The topological polar surface area (TPSA) is 142 Å². The summed E-state index contributed by atoms with van der Waals surface area (Å²) in [5.74, 6) is -0.352. The second kappa shape index (κ2) is 12.2. The number of nitrogens with one attached hydrogen (secondary N) is 1. The molecule has 1 saturated heterocycles. The molecule has 1 aliphatic rings. The molecule has 0 spiro atoms. The largest absolute Gasteiger partial charge is 0.507 e. The minimum Gasteiger partial charge on any atom is -0.507 e. The van der Waals surface area contributed by atoms with Gasteiger partial charge in [-0.25, -0.2) is 4.98 Å². The number of anilines is 2. The van der Waals surface area contributed by atoms with E-state index in [4.69, 9.17) is 10.5 Å². The fourth-order valence-corrected chi connectivity index (χ4v) is 4.70. The molecule has 0 radical (unpaired) electrons. The lowest BCUT2D eigenvalue weighted by atomic mass is 9.97. The van der Waals surface area contributed by atoms with Crippen LogP contribution in [0.1, 0.15) is 31.7 Å². The Morgan fingerprint density at radius 2 is 2.03 bits per heavy atom. The summed E-state index contributed by atoms with van der Waals surface area (Å²) in [6.45, 7) is 4.16. The van der Waals surface area contributed by atoms with Crippen molar-refractivity contribution in [1.82, 2.24) is 9.88 Å². The first-order chi connectivity index (χ1) is 18.4. The number of aromatic hydroxyl groups is 1. The van der Waals surface area contributed by atoms with Crippen molar-refractivity contribution < 1.29 is 19.4 Å². The van der Waals surface area contributed by atoms with Gasteiger partial charge < -0.3 is 25.8 Å². The van der Waals surface area contributed by atoms with E-state index in [0.717, 1.165) is 19.4 Å². The van der Waals surface area contributed by atoms with Crippen molar-refractivity contribution >= 4 is 23.4 Å². The fourth-order valence-electron chi connectivity index (χ4n) is 4.70. The highest BCUT2D eigenvalue weighted by atomic mass is 16.5. The molecule has 1 atom stereocenters. The maximum absolute atomic E-state index is 12.7. The third-order valence-corrected chi connectivity index (χ3v) is 6.58. The number of amides is 1. The number of aromatic nitrogens is 1. The first-order valence-corrected chi connectivity index (χ1v) is 12.7. The first kappa shape index (κ1) is 26.6. The molecule has 2 aromatic carbocycles. The second-order valence-electron chi connectivity index (χ2n) is 9.22. The molecule has 1 aromatic heterocycles. The number of hydrogen-bond donors (Lipinski definition) is 3. The molecule has 9 heteroatoms. The lowest BCUT2D eigenvalue weighted by molar-refractivity contribution is -0.149. The number of pyridine rings is 1. The molecule has 3 aromatic rings.